The minimum absolute atomic E-state index is 0.599. The smallest absolute Gasteiger partial charge is 0.227 e. The number of hydrogen-bond acceptors (Lipinski definition) is 3. The summed E-state index contributed by atoms with van der Waals surface area (Å²) >= 11 is 5.62. The number of nitrogens with one attached hydrogen (secondary N) is 1. The summed E-state index contributed by atoms with van der Waals surface area (Å²) in [5, 5.41) is 3.13. The van der Waals surface area contributed by atoms with E-state index in [0.29, 0.717) is 5.95 Å². The highest BCUT2D eigenvalue weighted by atomic mass is 127. The van der Waals surface area contributed by atoms with Crippen LogP contribution in [0.15, 0.2) is 41.1 Å². The standard InChI is InChI=1S/C10H7BrIN3/c11-8-3-1-2-4-9(8)15-10-13-5-7(12)6-14-10/h1-6H,(H,13,14,15). The van der Waals surface area contributed by atoms with Crippen LogP contribution in [-0.2, 0) is 0 Å². The van der Waals surface area contributed by atoms with Gasteiger partial charge in [-0.15, -0.1) is 0 Å². The quantitative estimate of drug-likeness (QED) is 0.815. The number of nitrogens with zero attached hydrogens (tertiary/aromatic N) is 2. The fourth-order valence-electron chi connectivity index (χ4n) is 1.06. The number of aromatic nitrogens is 2. The molecule has 0 saturated carbocycles. The molecule has 15 heavy (non-hydrogen) atoms. The van der Waals surface area contributed by atoms with Gasteiger partial charge in [-0.05, 0) is 50.7 Å². The Labute approximate surface area is 110 Å². The van der Waals surface area contributed by atoms with Gasteiger partial charge in [0.05, 0.1) is 5.69 Å². The number of anilines is 2. The summed E-state index contributed by atoms with van der Waals surface area (Å²) in [6.45, 7) is 0. The van der Waals surface area contributed by atoms with Crippen LogP contribution < -0.4 is 5.32 Å². The largest absolute Gasteiger partial charge is 0.323 e. The lowest BCUT2D eigenvalue weighted by atomic mass is 10.3. The molecular weight excluding hydrogens is 369 g/mol. The summed E-state index contributed by atoms with van der Waals surface area (Å²) < 4.78 is 2.01. The maximum Gasteiger partial charge on any atom is 0.227 e. The van der Waals surface area contributed by atoms with Crippen molar-refractivity contribution in [2.45, 2.75) is 0 Å². The molecule has 1 N–H and O–H groups in total. The van der Waals surface area contributed by atoms with E-state index < -0.39 is 0 Å². The van der Waals surface area contributed by atoms with E-state index >= 15 is 0 Å². The summed E-state index contributed by atoms with van der Waals surface area (Å²) in [5.74, 6) is 0.599. The molecule has 0 aliphatic heterocycles. The second-order valence-corrected chi connectivity index (χ2v) is 4.93. The zero-order valence-electron chi connectivity index (χ0n) is 7.61. The number of hydrogen-bond donors (Lipinski definition) is 1. The molecule has 0 spiro atoms. The minimum atomic E-state index is 0.599. The van der Waals surface area contributed by atoms with E-state index in [1.54, 1.807) is 12.4 Å². The fraction of sp³-hybridized carbons (Fsp3) is 0. The molecule has 1 heterocycles. The highest BCUT2D eigenvalue weighted by Gasteiger charge is 2.00. The molecule has 0 aliphatic carbocycles. The lowest BCUT2D eigenvalue weighted by Crippen LogP contribution is -1.97. The highest BCUT2D eigenvalue weighted by molar-refractivity contribution is 14.1. The van der Waals surface area contributed by atoms with Gasteiger partial charge in [-0.2, -0.15) is 0 Å². The number of rotatable bonds is 2. The van der Waals surface area contributed by atoms with Crippen molar-refractivity contribution in [1.29, 1.82) is 0 Å². The normalized spacial score (nSPS) is 10.0. The van der Waals surface area contributed by atoms with Gasteiger partial charge in [-0.3, -0.25) is 0 Å². The van der Waals surface area contributed by atoms with E-state index in [1.807, 2.05) is 24.3 Å². The van der Waals surface area contributed by atoms with Crippen LogP contribution in [0.25, 0.3) is 0 Å². The predicted molar refractivity (Wildman–Crippen MR) is 72.2 cm³/mol. The molecule has 5 heteroatoms. The van der Waals surface area contributed by atoms with Gasteiger partial charge >= 0.3 is 0 Å². The molecule has 0 radical (unpaired) electrons. The molecule has 0 fully saturated rings. The molecule has 0 atom stereocenters. The summed E-state index contributed by atoms with van der Waals surface area (Å²) in [5.41, 5.74) is 0.957. The Bertz CT molecular complexity index is 458. The van der Waals surface area contributed by atoms with E-state index in [2.05, 4.69) is 53.8 Å². The lowest BCUT2D eigenvalue weighted by molar-refractivity contribution is 1.15. The molecule has 0 saturated heterocycles. The number of halogens is 2. The van der Waals surface area contributed by atoms with Gasteiger partial charge in [-0.25, -0.2) is 9.97 Å². The first-order valence-electron chi connectivity index (χ1n) is 4.25. The Kier molecular flexibility index (Phi) is 3.53. The summed E-state index contributed by atoms with van der Waals surface area (Å²) in [4.78, 5) is 8.33. The van der Waals surface area contributed by atoms with Crippen molar-refractivity contribution in [3.63, 3.8) is 0 Å². The Balaban J connectivity index is 2.22. The third-order valence-corrected chi connectivity index (χ3v) is 2.99. The third kappa shape index (κ3) is 2.88. The van der Waals surface area contributed by atoms with Gasteiger partial charge < -0.3 is 5.32 Å². The van der Waals surface area contributed by atoms with Gasteiger partial charge in [0.2, 0.25) is 5.95 Å². The van der Waals surface area contributed by atoms with Crippen molar-refractivity contribution in [1.82, 2.24) is 9.97 Å². The zero-order chi connectivity index (χ0) is 10.7. The van der Waals surface area contributed by atoms with Crippen LogP contribution >= 0.6 is 38.5 Å². The van der Waals surface area contributed by atoms with Crippen molar-refractivity contribution in [2.75, 3.05) is 5.32 Å². The molecule has 0 aliphatic rings. The van der Waals surface area contributed by atoms with Crippen LogP contribution in [0.5, 0.6) is 0 Å². The SMILES string of the molecule is Brc1ccccc1Nc1ncc(I)cn1. The number of benzene rings is 1. The predicted octanol–water partition coefficient (Wildman–Crippen LogP) is 3.59. The van der Waals surface area contributed by atoms with Crippen LogP contribution in [0.2, 0.25) is 0 Å². The van der Waals surface area contributed by atoms with Gasteiger partial charge in [-0.1, -0.05) is 12.1 Å². The van der Waals surface area contributed by atoms with Crippen LogP contribution in [0, 0.1) is 3.57 Å². The summed E-state index contributed by atoms with van der Waals surface area (Å²) in [6, 6.07) is 7.85. The van der Waals surface area contributed by atoms with Gasteiger partial charge in [0.25, 0.3) is 0 Å². The molecule has 1 aromatic carbocycles. The van der Waals surface area contributed by atoms with Crippen LogP contribution in [0.3, 0.4) is 0 Å². The highest BCUT2D eigenvalue weighted by Crippen LogP contribution is 2.23. The molecule has 2 rings (SSSR count). The van der Waals surface area contributed by atoms with Crippen molar-refractivity contribution in [2.24, 2.45) is 0 Å². The Hall–Kier alpha value is -0.690. The Morgan fingerprint density at radius 3 is 2.47 bits per heavy atom. The minimum Gasteiger partial charge on any atom is -0.323 e. The Morgan fingerprint density at radius 2 is 1.80 bits per heavy atom. The van der Waals surface area contributed by atoms with Crippen molar-refractivity contribution in [3.05, 3.63) is 44.7 Å². The molecule has 0 bridgehead atoms. The maximum atomic E-state index is 4.16. The van der Waals surface area contributed by atoms with E-state index in [9.17, 15) is 0 Å². The average molecular weight is 376 g/mol. The fourth-order valence-corrected chi connectivity index (χ4v) is 1.72. The number of para-hydroxylation sites is 1. The second kappa shape index (κ2) is 4.89. The molecule has 1 aromatic heterocycles. The summed E-state index contributed by atoms with van der Waals surface area (Å²) in [6.07, 6.45) is 3.54. The van der Waals surface area contributed by atoms with E-state index in [4.69, 9.17) is 0 Å². The average Bonchev–Trinajstić information content (AvgIpc) is 2.25. The maximum absolute atomic E-state index is 4.16. The zero-order valence-corrected chi connectivity index (χ0v) is 11.4. The van der Waals surface area contributed by atoms with Gasteiger partial charge in [0, 0.05) is 20.4 Å². The van der Waals surface area contributed by atoms with E-state index in [-0.39, 0.29) is 0 Å². The van der Waals surface area contributed by atoms with Crippen molar-refractivity contribution >= 4 is 50.2 Å². The molecule has 3 nitrogen and oxygen atoms in total. The van der Waals surface area contributed by atoms with Crippen molar-refractivity contribution in [3.8, 4) is 0 Å². The second-order valence-electron chi connectivity index (χ2n) is 2.83. The van der Waals surface area contributed by atoms with Crippen LogP contribution in [-0.4, -0.2) is 9.97 Å². The summed E-state index contributed by atoms with van der Waals surface area (Å²) in [7, 11) is 0. The monoisotopic (exact) mass is 375 g/mol. The molecule has 0 unspecified atom stereocenters. The van der Waals surface area contributed by atoms with E-state index in [0.717, 1.165) is 13.7 Å². The molecular formula is C10H7BrIN3. The van der Waals surface area contributed by atoms with Crippen LogP contribution in [0.1, 0.15) is 0 Å². The first-order valence-corrected chi connectivity index (χ1v) is 6.12. The topological polar surface area (TPSA) is 37.8 Å². The third-order valence-electron chi connectivity index (χ3n) is 1.74. The van der Waals surface area contributed by atoms with Crippen molar-refractivity contribution < 1.29 is 0 Å². The van der Waals surface area contributed by atoms with E-state index in [1.165, 1.54) is 0 Å². The Morgan fingerprint density at radius 1 is 1.13 bits per heavy atom. The first-order chi connectivity index (χ1) is 7.25. The molecule has 0 amide bonds. The molecule has 76 valence electrons. The van der Waals surface area contributed by atoms with Crippen LogP contribution in [0.4, 0.5) is 11.6 Å². The first kappa shape index (κ1) is 10.8. The molecule has 2 aromatic rings. The van der Waals surface area contributed by atoms with Gasteiger partial charge in [0.15, 0.2) is 0 Å². The van der Waals surface area contributed by atoms with Gasteiger partial charge in [0.1, 0.15) is 0 Å². The lowest BCUT2D eigenvalue weighted by Gasteiger charge is -2.05.